The quantitative estimate of drug-likeness (QED) is 0.282. The van der Waals surface area contributed by atoms with Gasteiger partial charge in [0, 0.05) is 44.7 Å². The number of nitrogens with zero attached hydrogens (tertiary/aromatic N) is 2. The van der Waals surface area contributed by atoms with Gasteiger partial charge in [-0.2, -0.15) is 0 Å². The molecule has 0 aliphatic rings. The van der Waals surface area contributed by atoms with E-state index in [0.29, 0.717) is 55.2 Å². The second-order valence-electron chi connectivity index (χ2n) is 6.62. The normalized spacial score (nSPS) is 10.8. The lowest BCUT2D eigenvalue weighted by Crippen LogP contribution is -2.39. The fraction of sp³-hybridized carbons (Fsp3) is 0.667. The lowest BCUT2D eigenvalue weighted by atomic mass is 10.0. The zero-order valence-corrected chi connectivity index (χ0v) is 18.5. The molecule has 0 aliphatic heterocycles. The molecule has 164 valence electrons. The van der Waals surface area contributed by atoms with Crippen LogP contribution in [0.1, 0.15) is 59.3 Å². The first kappa shape index (κ1) is 24.8. The molecule has 0 spiro atoms. The number of carbonyl (C=O) groups excluding carboxylic acids is 3. The monoisotopic (exact) mass is 410 g/mol. The van der Waals surface area contributed by atoms with E-state index in [1.165, 1.54) is 12.0 Å². The predicted molar refractivity (Wildman–Crippen MR) is 109 cm³/mol. The Balaban J connectivity index is 3.13. The molecule has 8 nitrogen and oxygen atoms in total. The molecule has 1 heterocycles. The number of amides is 1. The van der Waals surface area contributed by atoms with E-state index in [9.17, 15) is 14.4 Å². The molecule has 1 rings (SSSR count). The summed E-state index contributed by atoms with van der Waals surface area (Å²) in [5, 5.41) is 0. The molecule has 8 heteroatoms. The molecule has 0 aliphatic carbocycles. The van der Waals surface area contributed by atoms with E-state index in [0.717, 1.165) is 0 Å². The van der Waals surface area contributed by atoms with Crippen LogP contribution in [0, 0.1) is 13.8 Å². The summed E-state index contributed by atoms with van der Waals surface area (Å²) < 4.78 is 17.2. The van der Waals surface area contributed by atoms with Gasteiger partial charge in [0.1, 0.15) is 12.3 Å². The van der Waals surface area contributed by atoms with Crippen molar-refractivity contribution in [3.05, 3.63) is 22.5 Å². The lowest BCUT2D eigenvalue weighted by Gasteiger charge is -2.22. The van der Waals surface area contributed by atoms with Crippen molar-refractivity contribution in [1.29, 1.82) is 0 Å². The summed E-state index contributed by atoms with van der Waals surface area (Å²) in [7, 11) is 1.44. The summed E-state index contributed by atoms with van der Waals surface area (Å²) in [5.74, 6) is -0.912. The summed E-state index contributed by atoms with van der Waals surface area (Å²) >= 11 is 0. The maximum atomic E-state index is 13.1. The summed E-state index contributed by atoms with van der Waals surface area (Å²) in [6, 6.07) is 0. The van der Waals surface area contributed by atoms with E-state index in [1.807, 2.05) is 20.8 Å². The Hall–Kier alpha value is -2.19. The molecule has 0 radical (unpaired) electrons. The first-order valence-corrected chi connectivity index (χ1v) is 10.1. The van der Waals surface area contributed by atoms with Crippen LogP contribution in [0.2, 0.25) is 0 Å². The Labute approximate surface area is 173 Å². The highest BCUT2D eigenvalue weighted by Crippen LogP contribution is 2.24. The van der Waals surface area contributed by atoms with Crippen molar-refractivity contribution in [2.75, 3.05) is 46.6 Å². The highest BCUT2D eigenvalue weighted by molar-refractivity contribution is 6.04. The number of methoxy groups -OCH3 is 1. The molecule has 0 saturated heterocycles. The maximum Gasteiger partial charge on any atom is 0.355 e. The molecule has 0 unspecified atom stereocenters. The molecule has 0 saturated carbocycles. The average molecular weight is 411 g/mol. The minimum absolute atomic E-state index is 0.0774. The Bertz CT molecular complexity index is 711. The zero-order valence-electron chi connectivity index (χ0n) is 18.5. The Morgan fingerprint density at radius 1 is 1.07 bits per heavy atom. The highest BCUT2D eigenvalue weighted by Gasteiger charge is 2.28. The number of esters is 1. The third-order valence-electron chi connectivity index (χ3n) is 4.71. The number of hydrogen-bond donors (Lipinski definition) is 0. The smallest absolute Gasteiger partial charge is 0.355 e. The van der Waals surface area contributed by atoms with Crippen molar-refractivity contribution in [3.8, 4) is 0 Å². The number of carbonyl (C=O) groups is 3. The molecular formula is C21H34N2O6. The van der Waals surface area contributed by atoms with Crippen LogP contribution in [-0.2, 0) is 25.5 Å². The van der Waals surface area contributed by atoms with E-state index in [-0.39, 0.29) is 31.4 Å². The van der Waals surface area contributed by atoms with Gasteiger partial charge in [-0.05, 0) is 46.6 Å². The van der Waals surface area contributed by atoms with Crippen LogP contribution in [0.25, 0.3) is 0 Å². The fourth-order valence-corrected chi connectivity index (χ4v) is 3.42. The Morgan fingerprint density at radius 3 is 2.31 bits per heavy atom. The van der Waals surface area contributed by atoms with E-state index >= 15 is 0 Å². The summed E-state index contributed by atoms with van der Waals surface area (Å²) in [5.41, 5.74) is 2.14. The largest absolute Gasteiger partial charge is 0.461 e. The molecule has 29 heavy (non-hydrogen) atoms. The summed E-state index contributed by atoms with van der Waals surface area (Å²) in [4.78, 5) is 39.4. The number of Topliss-reactive ketones (excluding diaryl/α,β-unsaturated/α-hetero) is 1. The van der Waals surface area contributed by atoms with E-state index < -0.39 is 5.97 Å². The van der Waals surface area contributed by atoms with Crippen molar-refractivity contribution >= 4 is 17.7 Å². The number of ketones is 1. The van der Waals surface area contributed by atoms with Crippen molar-refractivity contribution in [2.45, 2.75) is 47.6 Å². The maximum absolute atomic E-state index is 13.1. The fourth-order valence-electron chi connectivity index (χ4n) is 3.42. The molecule has 0 fully saturated rings. The second-order valence-corrected chi connectivity index (χ2v) is 6.62. The van der Waals surface area contributed by atoms with Crippen molar-refractivity contribution in [1.82, 2.24) is 9.47 Å². The Morgan fingerprint density at radius 2 is 1.76 bits per heavy atom. The van der Waals surface area contributed by atoms with Crippen molar-refractivity contribution in [2.24, 2.45) is 0 Å². The van der Waals surface area contributed by atoms with E-state index in [2.05, 4.69) is 0 Å². The van der Waals surface area contributed by atoms with Crippen LogP contribution in [0.4, 0.5) is 0 Å². The van der Waals surface area contributed by atoms with Gasteiger partial charge in [0.05, 0.1) is 13.2 Å². The molecule has 0 atom stereocenters. The first-order chi connectivity index (χ1) is 13.8. The average Bonchev–Trinajstić information content (AvgIpc) is 2.94. The van der Waals surface area contributed by atoms with Crippen LogP contribution in [0.15, 0.2) is 0 Å². The van der Waals surface area contributed by atoms with Crippen molar-refractivity contribution < 1.29 is 28.6 Å². The SMILES string of the molecule is CCOCCCN(CC(=O)c1c(C)c(C(=O)OCC)n(CC)c1C)C(=O)COC. The third-order valence-corrected chi connectivity index (χ3v) is 4.71. The lowest BCUT2D eigenvalue weighted by molar-refractivity contribution is -0.134. The number of hydrogen-bond acceptors (Lipinski definition) is 6. The third kappa shape index (κ3) is 6.40. The first-order valence-electron chi connectivity index (χ1n) is 10.1. The minimum Gasteiger partial charge on any atom is -0.461 e. The second kappa shape index (κ2) is 12.4. The topological polar surface area (TPSA) is 87.1 Å². The van der Waals surface area contributed by atoms with Crippen LogP contribution in [0.5, 0.6) is 0 Å². The van der Waals surface area contributed by atoms with E-state index in [1.54, 1.807) is 18.4 Å². The standard InChI is InChI=1S/C21H34N2O6/c1-7-23-16(5)19(15(4)20(23)21(26)29-9-3)17(24)13-22(18(25)14-27-6)11-10-12-28-8-2/h7-14H2,1-6H3. The van der Waals surface area contributed by atoms with Crippen LogP contribution >= 0.6 is 0 Å². The van der Waals surface area contributed by atoms with Gasteiger partial charge in [0.25, 0.3) is 0 Å². The molecule has 0 N–H and O–H groups in total. The van der Waals surface area contributed by atoms with Gasteiger partial charge in [0.2, 0.25) is 5.91 Å². The van der Waals surface area contributed by atoms with Gasteiger partial charge < -0.3 is 23.7 Å². The highest BCUT2D eigenvalue weighted by atomic mass is 16.5. The van der Waals surface area contributed by atoms with Crippen molar-refractivity contribution in [3.63, 3.8) is 0 Å². The zero-order chi connectivity index (χ0) is 22.0. The minimum atomic E-state index is -0.446. The van der Waals surface area contributed by atoms with Crippen LogP contribution in [0.3, 0.4) is 0 Å². The van der Waals surface area contributed by atoms with Gasteiger partial charge in [-0.1, -0.05) is 0 Å². The molecule has 1 amide bonds. The molecule has 1 aromatic rings. The van der Waals surface area contributed by atoms with Crippen LogP contribution in [-0.4, -0.2) is 73.8 Å². The molecule has 0 bridgehead atoms. The molecular weight excluding hydrogens is 376 g/mol. The molecule has 1 aromatic heterocycles. The number of ether oxygens (including phenoxy) is 3. The van der Waals surface area contributed by atoms with Crippen LogP contribution < -0.4 is 0 Å². The van der Waals surface area contributed by atoms with Gasteiger partial charge in [-0.3, -0.25) is 9.59 Å². The molecule has 0 aromatic carbocycles. The van der Waals surface area contributed by atoms with Gasteiger partial charge in [0.15, 0.2) is 5.78 Å². The summed E-state index contributed by atoms with van der Waals surface area (Å²) in [6.45, 7) is 11.2. The number of aromatic nitrogens is 1. The van der Waals surface area contributed by atoms with E-state index in [4.69, 9.17) is 14.2 Å². The van der Waals surface area contributed by atoms with Gasteiger partial charge >= 0.3 is 5.97 Å². The summed E-state index contributed by atoms with van der Waals surface area (Å²) in [6.07, 6.45) is 0.624. The predicted octanol–water partition coefficient (Wildman–Crippen LogP) is 2.39. The van der Waals surface area contributed by atoms with Gasteiger partial charge in [-0.15, -0.1) is 0 Å². The Kier molecular flexibility index (Phi) is 10.6. The van der Waals surface area contributed by atoms with Gasteiger partial charge in [-0.25, -0.2) is 4.79 Å². The number of rotatable bonds is 13.